The van der Waals surface area contributed by atoms with Crippen molar-refractivity contribution in [3.63, 3.8) is 0 Å². The lowest BCUT2D eigenvalue weighted by Gasteiger charge is -2.29. The van der Waals surface area contributed by atoms with Gasteiger partial charge < -0.3 is 0 Å². The van der Waals surface area contributed by atoms with Crippen LogP contribution in [-0.2, 0) is 6.42 Å². The van der Waals surface area contributed by atoms with Gasteiger partial charge in [-0.3, -0.25) is 9.98 Å². The van der Waals surface area contributed by atoms with Crippen LogP contribution in [0.1, 0.15) is 30.7 Å². The van der Waals surface area contributed by atoms with E-state index in [-0.39, 0.29) is 5.54 Å². The van der Waals surface area contributed by atoms with Gasteiger partial charge in [-0.2, -0.15) is 0 Å². The standard InChI is InChI=1S/C18H15BrN4/c1-18(2)9-13-12(4-3-5-14(13)19)17(21-18)16-8-11-10-20-7-6-15(11)22-23-16/h3-8,10H,9H2,1-2H3. The molecule has 0 aliphatic carbocycles. The molecule has 0 radical (unpaired) electrons. The molecule has 1 aromatic carbocycles. The van der Waals surface area contributed by atoms with Gasteiger partial charge in [0, 0.05) is 27.8 Å². The van der Waals surface area contributed by atoms with Crippen molar-refractivity contribution in [1.29, 1.82) is 0 Å². The van der Waals surface area contributed by atoms with Crippen molar-refractivity contribution in [1.82, 2.24) is 15.2 Å². The Morgan fingerprint density at radius 3 is 2.87 bits per heavy atom. The number of halogens is 1. The first-order valence-electron chi connectivity index (χ1n) is 7.49. The van der Waals surface area contributed by atoms with Crippen LogP contribution in [-0.4, -0.2) is 26.4 Å². The van der Waals surface area contributed by atoms with E-state index in [1.54, 1.807) is 6.20 Å². The van der Waals surface area contributed by atoms with Crippen molar-refractivity contribution in [3.8, 4) is 0 Å². The summed E-state index contributed by atoms with van der Waals surface area (Å²) in [6.07, 6.45) is 4.43. The van der Waals surface area contributed by atoms with Crippen LogP contribution in [0.25, 0.3) is 10.9 Å². The summed E-state index contributed by atoms with van der Waals surface area (Å²) >= 11 is 3.67. The van der Waals surface area contributed by atoms with Crippen molar-refractivity contribution in [2.45, 2.75) is 25.8 Å². The van der Waals surface area contributed by atoms with Gasteiger partial charge >= 0.3 is 0 Å². The molecule has 0 N–H and O–H groups in total. The summed E-state index contributed by atoms with van der Waals surface area (Å²) in [5, 5.41) is 9.69. The minimum atomic E-state index is -0.169. The Morgan fingerprint density at radius 2 is 2.00 bits per heavy atom. The average Bonchev–Trinajstić information content (AvgIpc) is 2.54. The van der Waals surface area contributed by atoms with E-state index in [0.29, 0.717) is 0 Å². The van der Waals surface area contributed by atoms with Crippen molar-refractivity contribution >= 4 is 32.5 Å². The SMILES string of the molecule is CC1(C)Cc2c(Br)cccc2C(c2cc3cnccc3nn2)=N1. The number of nitrogens with zero attached hydrogens (tertiary/aromatic N) is 4. The molecule has 4 nitrogen and oxygen atoms in total. The van der Waals surface area contributed by atoms with E-state index in [9.17, 15) is 0 Å². The third kappa shape index (κ3) is 2.55. The predicted octanol–water partition coefficient (Wildman–Crippen LogP) is 3.96. The van der Waals surface area contributed by atoms with Gasteiger partial charge in [-0.1, -0.05) is 28.1 Å². The first-order chi connectivity index (χ1) is 11.0. The molecule has 0 bridgehead atoms. The number of fused-ring (bicyclic) bond motifs is 2. The van der Waals surface area contributed by atoms with Crippen LogP contribution < -0.4 is 0 Å². The summed E-state index contributed by atoms with van der Waals surface area (Å²) < 4.78 is 1.12. The molecule has 3 heterocycles. The van der Waals surface area contributed by atoms with E-state index in [2.05, 4.69) is 57.1 Å². The molecule has 0 saturated heterocycles. The zero-order chi connectivity index (χ0) is 16.0. The van der Waals surface area contributed by atoms with Gasteiger partial charge in [0.15, 0.2) is 0 Å². The van der Waals surface area contributed by atoms with Gasteiger partial charge in [0.25, 0.3) is 0 Å². The van der Waals surface area contributed by atoms with E-state index < -0.39 is 0 Å². The normalized spacial score (nSPS) is 16.0. The second-order valence-corrected chi connectivity index (χ2v) is 7.23. The molecule has 0 unspecified atom stereocenters. The summed E-state index contributed by atoms with van der Waals surface area (Å²) in [6.45, 7) is 4.29. The molecule has 23 heavy (non-hydrogen) atoms. The van der Waals surface area contributed by atoms with Gasteiger partial charge in [-0.25, -0.2) is 0 Å². The monoisotopic (exact) mass is 366 g/mol. The molecule has 0 amide bonds. The molecule has 1 aliphatic heterocycles. The number of benzene rings is 1. The van der Waals surface area contributed by atoms with E-state index >= 15 is 0 Å². The quantitative estimate of drug-likeness (QED) is 0.654. The van der Waals surface area contributed by atoms with Crippen molar-refractivity contribution in [2.24, 2.45) is 4.99 Å². The summed E-state index contributed by atoms with van der Waals surface area (Å²) in [5.41, 5.74) is 4.76. The Labute approximate surface area is 142 Å². The molecule has 5 heteroatoms. The number of pyridine rings is 1. The molecular weight excluding hydrogens is 352 g/mol. The molecule has 2 aromatic heterocycles. The largest absolute Gasteiger partial charge is 0.276 e. The van der Waals surface area contributed by atoms with Gasteiger partial charge in [-0.15, -0.1) is 10.2 Å². The number of aromatic nitrogens is 3. The maximum Gasteiger partial charge on any atom is 0.112 e. The lowest BCUT2D eigenvalue weighted by molar-refractivity contribution is 0.512. The first-order valence-corrected chi connectivity index (χ1v) is 8.28. The minimum Gasteiger partial charge on any atom is -0.276 e. The Kier molecular flexibility index (Phi) is 3.27. The summed E-state index contributed by atoms with van der Waals surface area (Å²) in [4.78, 5) is 9.12. The van der Waals surface area contributed by atoms with E-state index in [1.807, 2.05) is 24.4 Å². The Balaban J connectivity index is 1.95. The summed E-state index contributed by atoms with van der Waals surface area (Å²) in [5.74, 6) is 0. The van der Waals surface area contributed by atoms with Gasteiger partial charge in [0.2, 0.25) is 0 Å². The smallest absolute Gasteiger partial charge is 0.112 e. The van der Waals surface area contributed by atoms with Crippen LogP contribution in [0.15, 0.2) is 52.2 Å². The highest BCUT2D eigenvalue weighted by Crippen LogP contribution is 2.33. The molecule has 0 saturated carbocycles. The first kappa shape index (κ1) is 14.5. The van der Waals surface area contributed by atoms with E-state index in [0.717, 1.165) is 38.8 Å². The van der Waals surface area contributed by atoms with E-state index in [4.69, 9.17) is 4.99 Å². The van der Waals surface area contributed by atoms with Crippen LogP contribution in [0.4, 0.5) is 0 Å². The van der Waals surface area contributed by atoms with Crippen molar-refractivity contribution < 1.29 is 0 Å². The third-order valence-electron chi connectivity index (χ3n) is 4.03. The molecular formula is C18H15BrN4. The van der Waals surface area contributed by atoms with Gasteiger partial charge in [0.05, 0.1) is 16.8 Å². The fourth-order valence-electron chi connectivity index (χ4n) is 2.99. The molecule has 3 aromatic rings. The Hall–Kier alpha value is -2.14. The number of aliphatic imine (C=N–C) groups is 1. The third-order valence-corrected chi connectivity index (χ3v) is 4.77. The molecule has 0 atom stereocenters. The Bertz CT molecular complexity index is 947. The van der Waals surface area contributed by atoms with Crippen molar-refractivity contribution in [3.05, 3.63) is 64.0 Å². The molecule has 0 spiro atoms. The van der Waals surface area contributed by atoms with E-state index in [1.165, 1.54) is 5.56 Å². The highest BCUT2D eigenvalue weighted by atomic mass is 79.9. The van der Waals surface area contributed by atoms with Crippen molar-refractivity contribution in [2.75, 3.05) is 0 Å². The van der Waals surface area contributed by atoms with Crippen LogP contribution in [0.2, 0.25) is 0 Å². The second kappa shape index (κ2) is 5.20. The van der Waals surface area contributed by atoms with Crippen LogP contribution >= 0.6 is 15.9 Å². The maximum atomic E-state index is 4.95. The minimum absolute atomic E-state index is 0.169. The zero-order valence-electron chi connectivity index (χ0n) is 12.9. The fourth-order valence-corrected chi connectivity index (χ4v) is 3.50. The Morgan fingerprint density at radius 1 is 1.13 bits per heavy atom. The topological polar surface area (TPSA) is 51.0 Å². The lowest BCUT2D eigenvalue weighted by atomic mass is 9.86. The average molecular weight is 367 g/mol. The summed E-state index contributed by atoms with van der Waals surface area (Å²) in [6, 6.07) is 10.1. The molecule has 4 rings (SSSR count). The number of hydrogen-bond acceptors (Lipinski definition) is 4. The highest BCUT2D eigenvalue weighted by Gasteiger charge is 2.29. The van der Waals surface area contributed by atoms with Crippen LogP contribution in [0.5, 0.6) is 0 Å². The highest BCUT2D eigenvalue weighted by molar-refractivity contribution is 9.10. The lowest BCUT2D eigenvalue weighted by Crippen LogP contribution is -2.30. The van der Waals surface area contributed by atoms with Gasteiger partial charge in [0.1, 0.15) is 5.69 Å². The molecule has 1 aliphatic rings. The van der Waals surface area contributed by atoms with Gasteiger partial charge in [-0.05, 0) is 44.0 Å². The van der Waals surface area contributed by atoms with Crippen LogP contribution in [0, 0.1) is 0 Å². The van der Waals surface area contributed by atoms with Crippen LogP contribution in [0.3, 0.4) is 0 Å². The second-order valence-electron chi connectivity index (χ2n) is 6.38. The number of rotatable bonds is 1. The zero-order valence-corrected chi connectivity index (χ0v) is 14.5. The maximum absolute atomic E-state index is 4.95. The predicted molar refractivity (Wildman–Crippen MR) is 94.9 cm³/mol. The molecule has 114 valence electrons. The number of hydrogen-bond donors (Lipinski definition) is 0. The molecule has 0 fully saturated rings. The fraction of sp³-hybridized carbons (Fsp3) is 0.222. The summed E-state index contributed by atoms with van der Waals surface area (Å²) in [7, 11) is 0.